The van der Waals surface area contributed by atoms with Crippen LogP contribution in [0.3, 0.4) is 0 Å². The third-order valence-corrected chi connectivity index (χ3v) is 10.1. The molecule has 0 spiro atoms. The Morgan fingerprint density at radius 3 is 2.50 bits per heavy atom. The van der Waals surface area contributed by atoms with E-state index in [2.05, 4.69) is 52.6 Å². The number of benzene rings is 1. The molecule has 0 saturated heterocycles. The number of aldehydes is 1. The van der Waals surface area contributed by atoms with Crippen molar-refractivity contribution in [3.05, 3.63) is 48.1 Å². The Labute approximate surface area is 159 Å². The minimum Gasteiger partial charge on any atom is -0.541 e. The summed E-state index contributed by atoms with van der Waals surface area (Å²) in [6.07, 6.45) is 6.73. The van der Waals surface area contributed by atoms with Gasteiger partial charge in [0.2, 0.25) is 0 Å². The number of hydrogen-bond donors (Lipinski definition) is 0. The molecule has 1 aromatic carbocycles. The van der Waals surface area contributed by atoms with Gasteiger partial charge in [-0.3, -0.25) is 4.79 Å². The normalized spacial score (nSPS) is 20.5. The number of carbonyl (C=O) groups is 1. The smallest absolute Gasteiger partial charge is 0.250 e. The summed E-state index contributed by atoms with van der Waals surface area (Å²) in [5, 5.41) is 0.115. The second kappa shape index (κ2) is 7.83. The topological polar surface area (TPSA) is 35.5 Å². The fraction of sp³-hybridized carbons (Fsp3) is 0.500. The van der Waals surface area contributed by atoms with Crippen molar-refractivity contribution in [3.63, 3.8) is 0 Å². The van der Waals surface area contributed by atoms with E-state index in [-0.39, 0.29) is 11.0 Å². The summed E-state index contributed by atoms with van der Waals surface area (Å²) in [4.78, 5) is 11.4. The Balaban J connectivity index is 2.26. The number of methoxy groups -OCH3 is 1. The Morgan fingerprint density at radius 2 is 1.96 bits per heavy atom. The predicted molar refractivity (Wildman–Crippen MR) is 110 cm³/mol. The lowest BCUT2D eigenvalue weighted by atomic mass is 9.92. The van der Waals surface area contributed by atoms with Gasteiger partial charge in [0.05, 0.1) is 7.11 Å². The predicted octanol–water partition coefficient (Wildman–Crippen LogP) is 5.57. The van der Waals surface area contributed by atoms with Crippen molar-refractivity contribution in [3.8, 4) is 11.5 Å². The number of ether oxygens (including phenoxy) is 1. The minimum atomic E-state index is -1.96. The van der Waals surface area contributed by atoms with Crippen molar-refractivity contribution in [2.24, 2.45) is 11.8 Å². The van der Waals surface area contributed by atoms with E-state index in [0.29, 0.717) is 5.92 Å². The third kappa shape index (κ3) is 4.47. The van der Waals surface area contributed by atoms with Crippen molar-refractivity contribution in [1.29, 1.82) is 0 Å². The zero-order valence-electron chi connectivity index (χ0n) is 17.0. The largest absolute Gasteiger partial charge is 0.541 e. The molecule has 0 heterocycles. The Bertz CT molecular complexity index is 698. The van der Waals surface area contributed by atoms with Gasteiger partial charge in [0.15, 0.2) is 5.75 Å². The second-order valence-electron chi connectivity index (χ2n) is 8.67. The summed E-state index contributed by atoms with van der Waals surface area (Å²) < 4.78 is 12.0. The zero-order valence-corrected chi connectivity index (χ0v) is 18.0. The highest BCUT2D eigenvalue weighted by molar-refractivity contribution is 6.74. The summed E-state index contributed by atoms with van der Waals surface area (Å²) in [5.41, 5.74) is 2.06. The van der Waals surface area contributed by atoms with E-state index >= 15 is 0 Å². The maximum absolute atomic E-state index is 11.4. The monoisotopic (exact) mass is 372 g/mol. The summed E-state index contributed by atoms with van der Waals surface area (Å²) in [5.74, 6) is 2.11. The fourth-order valence-corrected chi connectivity index (χ4v) is 4.07. The van der Waals surface area contributed by atoms with Gasteiger partial charge in [0.25, 0.3) is 8.32 Å². The van der Waals surface area contributed by atoms with Gasteiger partial charge < -0.3 is 9.16 Å². The van der Waals surface area contributed by atoms with Crippen LogP contribution in [0.5, 0.6) is 11.5 Å². The van der Waals surface area contributed by atoms with E-state index in [1.54, 1.807) is 7.11 Å². The first-order valence-electron chi connectivity index (χ1n) is 9.26. The highest BCUT2D eigenvalue weighted by Crippen LogP contribution is 2.41. The molecule has 0 bridgehead atoms. The van der Waals surface area contributed by atoms with E-state index < -0.39 is 8.32 Å². The van der Waals surface area contributed by atoms with Gasteiger partial charge in [-0.2, -0.15) is 0 Å². The van der Waals surface area contributed by atoms with E-state index in [1.165, 1.54) is 5.56 Å². The molecule has 1 aliphatic rings. The van der Waals surface area contributed by atoms with Gasteiger partial charge in [0, 0.05) is 0 Å². The summed E-state index contributed by atoms with van der Waals surface area (Å²) >= 11 is 0. The number of carbonyl (C=O) groups excluding carboxylic acids is 1. The number of hydrogen-bond acceptors (Lipinski definition) is 3. The molecule has 0 saturated carbocycles. The number of allylic oxidation sites excluding steroid dienone is 3. The van der Waals surface area contributed by atoms with Crippen LogP contribution in [-0.4, -0.2) is 21.7 Å². The molecular formula is C22H32O3Si. The van der Waals surface area contributed by atoms with Crippen molar-refractivity contribution in [2.45, 2.75) is 51.7 Å². The van der Waals surface area contributed by atoms with Crippen LogP contribution in [0.15, 0.2) is 42.5 Å². The SMILES string of the molecule is C=C[C@H]1C=C(C=O)[C@H](Cc2ccc(OC)c(O[Si](C)(C)C(C)(C)C)c2)C1. The highest BCUT2D eigenvalue weighted by Gasteiger charge is 2.39. The maximum Gasteiger partial charge on any atom is 0.250 e. The Morgan fingerprint density at radius 1 is 1.27 bits per heavy atom. The van der Waals surface area contributed by atoms with Gasteiger partial charge in [0.1, 0.15) is 12.0 Å². The first kappa shape index (κ1) is 20.5. The molecule has 2 rings (SSSR count). The molecule has 4 heteroatoms. The lowest BCUT2D eigenvalue weighted by Crippen LogP contribution is -2.43. The molecule has 0 fully saturated rings. The van der Waals surface area contributed by atoms with Crippen LogP contribution in [-0.2, 0) is 11.2 Å². The van der Waals surface area contributed by atoms with E-state index in [1.807, 2.05) is 18.2 Å². The van der Waals surface area contributed by atoms with E-state index in [0.717, 1.165) is 36.2 Å². The molecule has 0 aromatic heterocycles. The summed E-state index contributed by atoms with van der Waals surface area (Å²) in [7, 11) is -0.286. The van der Waals surface area contributed by atoms with Crippen molar-refractivity contribution >= 4 is 14.6 Å². The molecule has 0 unspecified atom stereocenters. The first-order valence-corrected chi connectivity index (χ1v) is 12.2. The maximum atomic E-state index is 11.4. The van der Waals surface area contributed by atoms with Gasteiger partial charge in [-0.15, -0.1) is 6.58 Å². The molecule has 0 radical (unpaired) electrons. The lowest BCUT2D eigenvalue weighted by molar-refractivity contribution is -0.105. The molecular weight excluding hydrogens is 340 g/mol. The highest BCUT2D eigenvalue weighted by atomic mass is 28.4. The van der Waals surface area contributed by atoms with Crippen LogP contribution >= 0.6 is 0 Å². The van der Waals surface area contributed by atoms with Gasteiger partial charge in [-0.1, -0.05) is 39.0 Å². The molecule has 0 N–H and O–H groups in total. The van der Waals surface area contributed by atoms with Crippen LogP contribution in [0.25, 0.3) is 0 Å². The molecule has 0 aliphatic heterocycles. The van der Waals surface area contributed by atoms with Crippen LogP contribution < -0.4 is 9.16 Å². The molecule has 26 heavy (non-hydrogen) atoms. The summed E-state index contributed by atoms with van der Waals surface area (Å²) in [6, 6.07) is 6.13. The van der Waals surface area contributed by atoms with Crippen LogP contribution in [0.1, 0.15) is 32.8 Å². The van der Waals surface area contributed by atoms with Gasteiger partial charge in [-0.25, -0.2) is 0 Å². The lowest BCUT2D eigenvalue weighted by Gasteiger charge is -2.37. The minimum absolute atomic E-state index is 0.115. The summed E-state index contributed by atoms with van der Waals surface area (Å²) in [6.45, 7) is 15.0. The molecule has 2 atom stereocenters. The molecule has 142 valence electrons. The quantitative estimate of drug-likeness (QED) is 0.357. The van der Waals surface area contributed by atoms with Crippen LogP contribution in [0, 0.1) is 11.8 Å². The molecule has 0 amide bonds. The Kier molecular flexibility index (Phi) is 6.17. The average molecular weight is 373 g/mol. The average Bonchev–Trinajstić information content (AvgIpc) is 2.96. The van der Waals surface area contributed by atoms with Crippen molar-refractivity contribution < 1.29 is 14.0 Å². The fourth-order valence-electron chi connectivity index (χ4n) is 3.06. The number of rotatable bonds is 7. The van der Waals surface area contributed by atoms with Crippen molar-refractivity contribution in [1.82, 2.24) is 0 Å². The zero-order chi connectivity index (χ0) is 19.5. The molecule has 1 aromatic rings. The standard InChI is InChI=1S/C22H32O3Si/c1-8-16-11-18(19(12-16)15-23)13-17-9-10-20(24-5)21(14-17)25-26(6,7)22(2,3)4/h8-10,12,14-16,18H,1,11,13H2,2-7H3/t16-,18+/m1/s1. The first-order chi connectivity index (χ1) is 12.1. The van der Waals surface area contributed by atoms with Crippen LogP contribution in [0.4, 0.5) is 0 Å². The van der Waals surface area contributed by atoms with E-state index in [9.17, 15) is 4.79 Å². The van der Waals surface area contributed by atoms with Gasteiger partial charge in [-0.05, 0) is 66.1 Å². The van der Waals surface area contributed by atoms with Crippen molar-refractivity contribution in [2.75, 3.05) is 7.11 Å². The van der Waals surface area contributed by atoms with Gasteiger partial charge >= 0.3 is 0 Å². The third-order valence-electron chi connectivity index (χ3n) is 5.75. The second-order valence-corrected chi connectivity index (χ2v) is 13.4. The molecule has 1 aliphatic carbocycles. The van der Waals surface area contributed by atoms with Crippen LogP contribution in [0.2, 0.25) is 18.1 Å². The Hall–Kier alpha value is -1.81. The molecule has 3 nitrogen and oxygen atoms in total. The van der Waals surface area contributed by atoms with E-state index in [4.69, 9.17) is 9.16 Å².